The molecule has 0 amide bonds. The molecule has 1 heterocycles. The Bertz CT molecular complexity index is 607. The summed E-state index contributed by atoms with van der Waals surface area (Å²) in [6.45, 7) is 4.82. The molecule has 0 N–H and O–H groups in total. The first-order valence-electron chi connectivity index (χ1n) is 5.39. The fraction of sp³-hybridized carbons (Fsp3) is 0.231. The van der Waals surface area contributed by atoms with Gasteiger partial charge in [-0.2, -0.15) is 0 Å². The molecule has 0 aliphatic carbocycles. The molecule has 18 heavy (non-hydrogen) atoms. The van der Waals surface area contributed by atoms with E-state index < -0.39 is 5.97 Å². The Kier molecular flexibility index (Phi) is 3.43. The number of benzene rings is 1. The molecule has 0 spiro atoms. The Balaban J connectivity index is 2.49. The van der Waals surface area contributed by atoms with Crippen molar-refractivity contribution in [2.75, 3.05) is 0 Å². The average Bonchev–Trinajstić information content (AvgIpc) is 2.62. The molecule has 94 valence electrons. The van der Waals surface area contributed by atoms with Crippen LogP contribution in [-0.4, -0.2) is 11.0 Å². The molecule has 0 saturated carbocycles. The molecule has 3 nitrogen and oxygen atoms in total. The van der Waals surface area contributed by atoms with Crippen LogP contribution in [0.3, 0.4) is 0 Å². The van der Waals surface area contributed by atoms with E-state index in [9.17, 15) is 9.18 Å². The zero-order valence-corrected chi connectivity index (χ0v) is 11.1. The summed E-state index contributed by atoms with van der Waals surface area (Å²) in [4.78, 5) is 15.8. The summed E-state index contributed by atoms with van der Waals surface area (Å²) in [6, 6.07) is 4.91. The van der Waals surface area contributed by atoms with Gasteiger partial charge in [0, 0.05) is 12.5 Å². The Hall–Kier alpha value is -1.75. The van der Waals surface area contributed by atoms with Crippen molar-refractivity contribution in [3.63, 3.8) is 0 Å². The fourth-order valence-corrected chi connectivity index (χ4v) is 2.37. The average molecular weight is 265 g/mol. The second-order valence-corrected chi connectivity index (χ2v) is 5.13. The van der Waals surface area contributed by atoms with Crippen LogP contribution < -0.4 is 4.74 Å². The van der Waals surface area contributed by atoms with E-state index in [4.69, 9.17) is 4.74 Å². The number of halogens is 1. The number of esters is 1. The van der Waals surface area contributed by atoms with E-state index in [-0.39, 0.29) is 11.7 Å². The number of aromatic nitrogens is 1. The Morgan fingerprint density at radius 3 is 2.72 bits per heavy atom. The second-order valence-electron chi connectivity index (χ2n) is 3.92. The Morgan fingerprint density at radius 2 is 2.11 bits per heavy atom. The van der Waals surface area contributed by atoms with Crippen molar-refractivity contribution in [3.05, 3.63) is 34.6 Å². The minimum absolute atomic E-state index is 0.244. The number of aryl methyl sites for hydroxylation is 2. The SMILES string of the molecule is CC(=O)Oc1nc(C)sc1-c1ccc(C)c(F)c1. The standard InChI is InChI=1S/C13H12FNO2S/c1-7-4-5-10(6-11(7)14)12-13(17-9(3)16)15-8(2)18-12/h4-6H,1-3H3. The van der Waals surface area contributed by atoms with Gasteiger partial charge in [0.2, 0.25) is 5.88 Å². The minimum atomic E-state index is -0.436. The maximum Gasteiger partial charge on any atom is 0.309 e. The third kappa shape index (κ3) is 2.56. The van der Waals surface area contributed by atoms with Crippen molar-refractivity contribution < 1.29 is 13.9 Å². The first kappa shape index (κ1) is 12.7. The van der Waals surface area contributed by atoms with Crippen LogP contribution >= 0.6 is 11.3 Å². The highest BCUT2D eigenvalue weighted by atomic mass is 32.1. The molecule has 1 aromatic heterocycles. The third-order valence-corrected chi connectivity index (χ3v) is 3.38. The molecule has 0 saturated heterocycles. The summed E-state index contributed by atoms with van der Waals surface area (Å²) in [5.41, 5.74) is 1.24. The van der Waals surface area contributed by atoms with Crippen LogP contribution in [0.2, 0.25) is 0 Å². The van der Waals surface area contributed by atoms with Gasteiger partial charge in [0.1, 0.15) is 5.82 Å². The van der Waals surface area contributed by atoms with Crippen molar-refractivity contribution in [2.24, 2.45) is 0 Å². The van der Waals surface area contributed by atoms with E-state index in [1.165, 1.54) is 24.3 Å². The van der Waals surface area contributed by atoms with E-state index >= 15 is 0 Å². The van der Waals surface area contributed by atoms with Gasteiger partial charge in [-0.3, -0.25) is 4.79 Å². The fourth-order valence-electron chi connectivity index (χ4n) is 1.53. The van der Waals surface area contributed by atoms with Crippen LogP contribution in [0, 0.1) is 19.7 Å². The molecule has 0 radical (unpaired) electrons. The molecular weight excluding hydrogens is 253 g/mol. The van der Waals surface area contributed by atoms with E-state index in [0.717, 1.165) is 5.01 Å². The number of ether oxygens (including phenoxy) is 1. The van der Waals surface area contributed by atoms with Gasteiger partial charge in [0.25, 0.3) is 0 Å². The number of carbonyl (C=O) groups excluding carboxylic acids is 1. The highest BCUT2D eigenvalue weighted by Crippen LogP contribution is 2.36. The summed E-state index contributed by atoms with van der Waals surface area (Å²) in [6.07, 6.45) is 0. The molecule has 0 atom stereocenters. The van der Waals surface area contributed by atoms with Gasteiger partial charge in [0.15, 0.2) is 0 Å². The van der Waals surface area contributed by atoms with E-state index in [1.54, 1.807) is 19.1 Å². The summed E-state index contributed by atoms with van der Waals surface area (Å²) >= 11 is 1.37. The topological polar surface area (TPSA) is 39.2 Å². The van der Waals surface area contributed by atoms with Gasteiger partial charge in [-0.15, -0.1) is 11.3 Å². The first-order valence-corrected chi connectivity index (χ1v) is 6.21. The molecule has 2 rings (SSSR count). The van der Waals surface area contributed by atoms with Crippen LogP contribution in [0.25, 0.3) is 10.4 Å². The lowest BCUT2D eigenvalue weighted by atomic mass is 10.1. The normalized spacial score (nSPS) is 10.4. The van der Waals surface area contributed by atoms with Crippen LogP contribution in [0.5, 0.6) is 5.88 Å². The maximum atomic E-state index is 13.5. The van der Waals surface area contributed by atoms with Crippen molar-refractivity contribution in [1.82, 2.24) is 4.98 Å². The van der Waals surface area contributed by atoms with Gasteiger partial charge in [-0.05, 0) is 25.5 Å². The van der Waals surface area contributed by atoms with E-state index in [0.29, 0.717) is 16.0 Å². The number of thiazole rings is 1. The van der Waals surface area contributed by atoms with Crippen LogP contribution in [-0.2, 0) is 4.79 Å². The second kappa shape index (κ2) is 4.86. The zero-order chi connectivity index (χ0) is 13.3. The van der Waals surface area contributed by atoms with Crippen LogP contribution in [0.1, 0.15) is 17.5 Å². The molecule has 1 aromatic carbocycles. The molecule has 0 bridgehead atoms. The van der Waals surface area contributed by atoms with Gasteiger partial charge in [-0.25, -0.2) is 9.37 Å². The van der Waals surface area contributed by atoms with E-state index in [2.05, 4.69) is 4.98 Å². The lowest BCUT2D eigenvalue weighted by Gasteiger charge is -2.03. The maximum absolute atomic E-state index is 13.5. The first-order chi connectivity index (χ1) is 8.47. The Morgan fingerprint density at radius 1 is 1.39 bits per heavy atom. The summed E-state index contributed by atoms with van der Waals surface area (Å²) in [7, 11) is 0. The molecule has 0 aliphatic rings. The smallest absolute Gasteiger partial charge is 0.309 e. The number of hydrogen-bond acceptors (Lipinski definition) is 4. The van der Waals surface area contributed by atoms with Gasteiger partial charge >= 0.3 is 5.97 Å². The lowest BCUT2D eigenvalue weighted by Crippen LogP contribution is -2.02. The number of nitrogens with zero attached hydrogens (tertiary/aromatic N) is 1. The Labute approximate surface area is 108 Å². The molecular formula is C13H12FNO2S. The predicted octanol–water partition coefficient (Wildman–Crippen LogP) is 3.49. The van der Waals surface area contributed by atoms with Crippen molar-refractivity contribution in [1.29, 1.82) is 0 Å². The van der Waals surface area contributed by atoms with Crippen molar-refractivity contribution >= 4 is 17.3 Å². The molecule has 0 aliphatic heterocycles. The predicted molar refractivity (Wildman–Crippen MR) is 68.3 cm³/mol. The van der Waals surface area contributed by atoms with Gasteiger partial charge in [-0.1, -0.05) is 12.1 Å². The quantitative estimate of drug-likeness (QED) is 0.780. The summed E-state index contributed by atoms with van der Waals surface area (Å²) in [5, 5.41) is 0.766. The van der Waals surface area contributed by atoms with Crippen molar-refractivity contribution in [2.45, 2.75) is 20.8 Å². The van der Waals surface area contributed by atoms with Crippen LogP contribution in [0.4, 0.5) is 4.39 Å². The molecule has 2 aromatic rings. The summed E-state index contributed by atoms with van der Waals surface area (Å²) in [5.74, 6) is -0.477. The van der Waals surface area contributed by atoms with Crippen LogP contribution in [0.15, 0.2) is 18.2 Å². The van der Waals surface area contributed by atoms with E-state index in [1.807, 2.05) is 6.92 Å². The third-order valence-electron chi connectivity index (χ3n) is 2.38. The lowest BCUT2D eigenvalue weighted by molar-refractivity contribution is -0.132. The number of carbonyl (C=O) groups is 1. The minimum Gasteiger partial charge on any atom is -0.406 e. The summed E-state index contributed by atoms with van der Waals surface area (Å²) < 4.78 is 18.6. The van der Waals surface area contributed by atoms with Gasteiger partial charge in [0.05, 0.1) is 9.88 Å². The van der Waals surface area contributed by atoms with Crippen molar-refractivity contribution in [3.8, 4) is 16.3 Å². The number of hydrogen-bond donors (Lipinski definition) is 0. The largest absolute Gasteiger partial charge is 0.406 e. The highest BCUT2D eigenvalue weighted by molar-refractivity contribution is 7.15. The highest BCUT2D eigenvalue weighted by Gasteiger charge is 2.15. The molecule has 0 unspecified atom stereocenters. The number of rotatable bonds is 2. The molecule has 5 heteroatoms. The molecule has 0 fully saturated rings. The monoisotopic (exact) mass is 265 g/mol. The zero-order valence-electron chi connectivity index (χ0n) is 10.3. The van der Waals surface area contributed by atoms with Gasteiger partial charge < -0.3 is 4.74 Å².